The smallest absolute Gasteiger partial charge is 0.310 e. The molecular weight excluding hydrogens is 294 g/mol. The number of carboxylic acid groups (broad SMARTS) is 1. The highest BCUT2D eigenvalue weighted by Crippen LogP contribution is 2.34. The van der Waals surface area contributed by atoms with E-state index in [1.807, 2.05) is 19.1 Å². The zero-order valence-electron chi connectivity index (χ0n) is 14.3. The van der Waals surface area contributed by atoms with Gasteiger partial charge < -0.3 is 14.6 Å². The molecule has 1 aliphatic rings. The maximum Gasteiger partial charge on any atom is 0.310 e. The van der Waals surface area contributed by atoms with Crippen molar-refractivity contribution in [3.63, 3.8) is 0 Å². The number of carbonyl (C=O) groups is 1. The highest BCUT2D eigenvalue weighted by molar-refractivity contribution is 5.75. The summed E-state index contributed by atoms with van der Waals surface area (Å²) in [6.07, 6.45) is 2.38. The van der Waals surface area contributed by atoms with E-state index >= 15 is 0 Å². The lowest BCUT2D eigenvalue weighted by Crippen LogP contribution is -2.47. The molecule has 0 amide bonds. The van der Waals surface area contributed by atoms with Crippen LogP contribution >= 0.6 is 0 Å². The van der Waals surface area contributed by atoms with Gasteiger partial charge in [-0.25, -0.2) is 0 Å². The summed E-state index contributed by atoms with van der Waals surface area (Å²) in [5.74, 6) is 0.155. The molecule has 1 N–H and O–H groups in total. The number of carboxylic acids is 1. The van der Waals surface area contributed by atoms with Gasteiger partial charge >= 0.3 is 5.97 Å². The Morgan fingerprint density at radius 1 is 1.39 bits per heavy atom. The van der Waals surface area contributed by atoms with Crippen molar-refractivity contribution < 1.29 is 19.4 Å². The van der Waals surface area contributed by atoms with Crippen molar-refractivity contribution in [1.29, 1.82) is 0 Å². The van der Waals surface area contributed by atoms with Gasteiger partial charge in [-0.05, 0) is 43.5 Å². The second-order valence-corrected chi connectivity index (χ2v) is 6.33. The molecule has 0 unspecified atom stereocenters. The topological polar surface area (TPSA) is 59.0 Å². The normalized spacial score (nSPS) is 22.0. The van der Waals surface area contributed by atoms with E-state index in [4.69, 9.17) is 9.47 Å². The van der Waals surface area contributed by atoms with Crippen LogP contribution in [0.25, 0.3) is 0 Å². The lowest BCUT2D eigenvalue weighted by molar-refractivity contribution is -0.153. The molecule has 1 heterocycles. The van der Waals surface area contributed by atoms with Gasteiger partial charge in [-0.2, -0.15) is 0 Å². The number of aliphatic carboxylic acids is 1. The van der Waals surface area contributed by atoms with E-state index in [0.29, 0.717) is 19.6 Å². The monoisotopic (exact) mass is 321 g/mol. The first-order valence-electron chi connectivity index (χ1n) is 8.15. The van der Waals surface area contributed by atoms with Gasteiger partial charge in [0.05, 0.1) is 19.1 Å². The zero-order valence-corrected chi connectivity index (χ0v) is 14.3. The number of likely N-dealkylation sites (tertiary alicyclic amines) is 1. The van der Waals surface area contributed by atoms with E-state index in [2.05, 4.69) is 11.0 Å². The third-order valence-corrected chi connectivity index (χ3v) is 4.84. The summed E-state index contributed by atoms with van der Waals surface area (Å²) in [5.41, 5.74) is 1.58. The number of ether oxygens (including phenoxy) is 2. The molecule has 1 aromatic rings. The average Bonchev–Trinajstić information content (AvgIpc) is 2.55. The van der Waals surface area contributed by atoms with Crippen LogP contribution in [0.2, 0.25) is 0 Å². The molecule has 0 aliphatic carbocycles. The van der Waals surface area contributed by atoms with Crippen molar-refractivity contribution in [2.24, 2.45) is 5.41 Å². The maximum atomic E-state index is 11.7. The van der Waals surface area contributed by atoms with Crippen molar-refractivity contribution in [2.45, 2.75) is 39.3 Å². The number of hydrogen-bond acceptors (Lipinski definition) is 4. The lowest BCUT2D eigenvalue weighted by Gasteiger charge is -2.39. The van der Waals surface area contributed by atoms with E-state index < -0.39 is 11.4 Å². The summed E-state index contributed by atoms with van der Waals surface area (Å²) in [6.45, 7) is 4.80. The summed E-state index contributed by atoms with van der Waals surface area (Å²) in [7, 11) is 3.32. The number of nitrogens with zero attached hydrogens (tertiary/aromatic N) is 1. The van der Waals surface area contributed by atoms with Crippen molar-refractivity contribution in [3.05, 3.63) is 29.3 Å². The van der Waals surface area contributed by atoms with Gasteiger partial charge in [0.1, 0.15) is 5.75 Å². The second kappa shape index (κ2) is 7.79. The molecule has 2 rings (SSSR count). The predicted octanol–water partition coefficient (Wildman–Crippen LogP) is 2.92. The SMILES string of the molecule is CC[C@]1(C(=O)O)CCCN(Cc2ccc(OC)c(COC)c2)C1. The number of piperidine rings is 1. The quantitative estimate of drug-likeness (QED) is 0.837. The molecule has 128 valence electrons. The Kier molecular flexibility index (Phi) is 6.02. The van der Waals surface area contributed by atoms with Crippen LogP contribution in [-0.4, -0.2) is 43.3 Å². The Hall–Kier alpha value is -1.59. The largest absolute Gasteiger partial charge is 0.496 e. The van der Waals surface area contributed by atoms with Crippen molar-refractivity contribution in [2.75, 3.05) is 27.3 Å². The van der Waals surface area contributed by atoms with Gasteiger partial charge in [-0.1, -0.05) is 13.0 Å². The molecule has 1 aliphatic heterocycles. The van der Waals surface area contributed by atoms with Gasteiger partial charge in [0, 0.05) is 25.8 Å². The van der Waals surface area contributed by atoms with Crippen LogP contribution in [0.4, 0.5) is 0 Å². The van der Waals surface area contributed by atoms with Gasteiger partial charge in [0.2, 0.25) is 0 Å². The highest BCUT2D eigenvalue weighted by atomic mass is 16.5. The molecule has 0 saturated carbocycles. The second-order valence-electron chi connectivity index (χ2n) is 6.33. The molecular formula is C18H27NO4. The summed E-state index contributed by atoms with van der Waals surface area (Å²) in [5, 5.41) is 9.60. The van der Waals surface area contributed by atoms with Crippen molar-refractivity contribution >= 4 is 5.97 Å². The molecule has 0 spiro atoms. The fourth-order valence-corrected chi connectivity index (χ4v) is 3.43. The van der Waals surface area contributed by atoms with E-state index in [0.717, 1.165) is 42.8 Å². The van der Waals surface area contributed by atoms with Gasteiger partial charge in [0.25, 0.3) is 0 Å². The summed E-state index contributed by atoms with van der Waals surface area (Å²) in [6, 6.07) is 6.09. The Balaban J connectivity index is 2.12. The third kappa shape index (κ3) is 4.03. The third-order valence-electron chi connectivity index (χ3n) is 4.84. The molecule has 0 radical (unpaired) electrons. The summed E-state index contributed by atoms with van der Waals surface area (Å²) < 4.78 is 10.6. The zero-order chi connectivity index (χ0) is 16.9. The molecule has 1 fully saturated rings. The van der Waals surface area contributed by atoms with E-state index in [1.54, 1.807) is 14.2 Å². The number of hydrogen-bond donors (Lipinski definition) is 1. The minimum Gasteiger partial charge on any atom is -0.496 e. The van der Waals surface area contributed by atoms with E-state index in [9.17, 15) is 9.90 Å². The van der Waals surface area contributed by atoms with Gasteiger partial charge in [-0.15, -0.1) is 0 Å². The fourth-order valence-electron chi connectivity index (χ4n) is 3.43. The number of methoxy groups -OCH3 is 2. The fraction of sp³-hybridized carbons (Fsp3) is 0.611. The molecule has 1 atom stereocenters. The number of benzene rings is 1. The average molecular weight is 321 g/mol. The Bertz CT molecular complexity index is 546. The van der Waals surface area contributed by atoms with Crippen LogP contribution in [0.3, 0.4) is 0 Å². The van der Waals surface area contributed by atoms with Crippen LogP contribution in [0.15, 0.2) is 18.2 Å². The highest BCUT2D eigenvalue weighted by Gasteiger charge is 2.40. The number of rotatable bonds is 7. The van der Waals surface area contributed by atoms with Crippen LogP contribution in [0, 0.1) is 5.41 Å². The summed E-state index contributed by atoms with van der Waals surface area (Å²) >= 11 is 0. The minimum absolute atomic E-state index is 0.505. The molecule has 23 heavy (non-hydrogen) atoms. The lowest BCUT2D eigenvalue weighted by atomic mass is 9.77. The Labute approximate surface area is 138 Å². The maximum absolute atomic E-state index is 11.7. The molecule has 0 bridgehead atoms. The molecule has 1 aromatic carbocycles. The molecule has 5 heteroatoms. The van der Waals surface area contributed by atoms with Crippen LogP contribution in [-0.2, 0) is 22.7 Å². The Morgan fingerprint density at radius 3 is 2.78 bits per heavy atom. The first-order valence-corrected chi connectivity index (χ1v) is 8.15. The first-order chi connectivity index (χ1) is 11.0. The standard InChI is InChI=1S/C18H27NO4/c1-4-18(17(20)21)8-5-9-19(13-18)11-14-6-7-16(23-3)15(10-14)12-22-2/h6-7,10H,4-5,8-9,11-13H2,1-3H3,(H,20,21)/t18-/m0/s1. The molecule has 0 aromatic heterocycles. The predicted molar refractivity (Wildman–Crippen MR) is 88.6 cm³/mol. The van der Waals surface area contributed by atoms with E-state index in [-0.39, 0.29) is 0 Å². The van der Waals surface area contributed by atoms with Crippen molar-refractivity contribution in [3.8, 4) is 5.75 Å². The summed E-state index contributed by atoms with van der Waals surface area (Å²) in [4.78, 5) is 13.9. The van der Waals surface area contributed by atoms with Crippen molar-refractivity contribution in [1.82, 2.24) is 4.90 Å². The first kappa shape index (κ1) is 17.8. The van der Waals surface area contributed by atoms with E-state index in [1.165, 1.54) is 0 Å². The van der Waals surface area contributed by atoms with Crippen LogP contribution in [0.1, 0.15) is 37.3 Å². The minimum atomic E-state index is -0.667. The van der Waals surface area contributed by atoms with Crippen LogP contribution in [0.5, 0.6) is 5.75 Å². The Morgan fingerprint density at radius 2 is 2.17 bits per heavy atom. The molecule has 5 nitrogen and oxygen atoms in total. The van der Waals surface area contributed by atoms with Crippen LogP contribution < -0.4 is 4.74 Å². The van der Waals surface area contributed by atoms with Gasteiger partial charge in [-0.3, -0.25) is 9.69 Å². The molecule has 1 saturated heterocycles. The van der Waals surface area contributed by atoms with Gasteiger partial charge in [0.15, 0.2) is 0 Å².